The highest BCUT2D eigenvalue weighted by Crippen LogP contribution is 2.14. The fourth-order valence-corrected chi connectivity index (χ4v) is 1.51. The Morgan fingerprint density at radius 2 is 2.14 bits per heavy atom. The molecule has 0 saturated heterocycles. The zero-order valence-electron chi connectivity index (χ0n) is 8.11. The smallest absolute Gasteiger partial charge is 0.327 e. The second kappa shape index (κ2) is 3.14. The lowest BCUT2D eigenvalue weighted by atomic mass is 10.3. The standard InChI is InChI=1S/C10H11N3O/c1-7-12-8-5-3-4-6-9(8)13(7)10(14)11-2/h3-6H,1-2H3,(H,11,14). The molecule has 0 saturated carbocycles. The summed E-state index contributed by atoms with van der Waals surface area (Å²) in [6.07, 6.45) is 0. The topological polar surface area (TPSA) is 46.9 Å². The predicted octanol–water partition coefficient (Wildman–Crippen LogP) is 1.53. The van der Waals surface area contributed by atoms with Crippen LogP contribution in [0, 0.1) is 6.92 Å². The van der Waals surface area contributed by atoms with Gasteiger partial charge in [0.05, 0.1) is 11.0 Å². The van der Waals surface area contributed by atoms with Gasteiger partial charge in [-0.3, -0.25) is 0 Å². The van der Waals surface area contributed by atoms with Gasteiger partial charge in [0.1, 0.15) is 5.82 Å². The minimum Gasteiger partial charge on any atom is -0.340 e. The monoisotopic (exact) mass is 189 g/mol. The quantitative estimate of drug-likeness (QED) is 0.683. The van der Waals surface area contributed by atoms with Crippen LogP contribution in [0.5, 0.6) is 0 Å². The number of rotatable bonds is 0. The summed E-state index contributed by atoms with van der Waals surface area (Å²) in [6.45, 7) is 1.81. The molecule has 0 aliphatic rings. The van der Waals surface area contributed by atoms with Crippen molar-refractivity contribution in [3.63, 3.8) is 0 Å². The predicted molar refractivity (Wildman–Crippen MR) is 54.3 cm³/mol. The van der Waals surface area contributed by atoms with Gasteiger partial charge in [0.15, 0.2) is 0 Å². The summed E-state index contributed by atoms with van der Waals surface area (Å²) in [5.74, 6) is 0.700. The number of carbonyl (C=O) groups is 1. The van der Waals surface area contributed by atoms with Gasteiger partial charge >= 0.3 is 6.03 Å². The highest BCUT2D eigenvalue weighted by molar-refractivity contribution is 5.89. The first-order valence-corrected chi connectivity index (χ1v) is 4.40. The summed E-state index contributed by atoms with van der Waals surface area (Å²) in [4.78, 5) is 15.8. The van der Waals surface area contributed by atoms with E-state index in [2.05, 4.69) is 10.3 Å². The zero-order valence-corrected chi connectivity index (χ0v) is 8.11. The number of carbonyl (C=O) groups excluding carboxylic acids is 1. The van der Waals surface area contributed by atoms with Crippen LogP contribution < -0.4 is 5.32 Å². The Labute approximate surface area is 81.6 Å². The van der Waals surface area contributed by atoms with Crippen LogP contribution in [0.1, 0.15) is 5.82 Å². The maximum absolute atomic E-state index is 11.5. The average molecular weight is 189 g/mol. The number of benzene rings is 1. The van der Waals surface area contributed by atoms with Crippen LogP contribution in [-0.4, -0.2) is 22.6 Å². The third kappa shape index (κ3) is 1.16. The normalized spacial score (nSPS) is 10.4. The summed E-state index contributed by atoms with van der Waals surface area (Å²) in [6, 6.07) is 7.41. The van der Waals surface area contributed by atoms with Crippen LogP contribution in [-0.2, 0) is 0 Å². The number of nitrogens with one attached hydrogen (secondary N) is 1. The van der Waals surface area contributed by atoms with Gasteiger partial charge in [-0.1, -0.05) is 12.1 Å². The molecule has 0 unspecified atom stereocenters. The van der Waals surface area contributed by atoms with Crippen LogP contribution in [0.15, 0.2) is 24.3 Å². The SMILES string of the molecule is CNC(=O)n1c(C)nc2ccccc21. The molecule has 0 fully saturated rings. The molecule has 0 spiro atoms. The van der Waals surface area contributed by atoms with Gasteiger partial charge in [-0.25, -0.2) is 14.3 Å². The second-order valence-corrected chi connectivity index (χ2v) is 3.04. The van der Waals surface area contributed by atoms with Crippen molar-refractivity contribution in [1.29, 1.82) is 0 Å². The zero-order chi connectivity index (χ0) is 10.1. The number of amides is 1. The molecule has 1 aromatic carbocycles. The molecule has 1 aromatic heterocycles. The van der Waals surface area contributed by atoms with Crippen molar-refractivity contribution < 1.29 is 4.79 Å². The average Bonchev–Trinajstić information content (AvgIpc) is 2.53. The van der Waals surface area contributed by atoms with Crippen molar-refractivity contribution >= 4 is 17.1 Å². The first kappa shape index (κ1) is 8.74. The Kier molecular flexibility index (Phi) is 1.96. The third-order valence-corrected chi connectivity index (χ3v) is 2.15. The van der Waals surface area contributed by atoms with E-state index in [1.807, 2.05) is 31.2 Å². The summed E-state index contributed by atoms with van der Waals surface area (Å²) >= 11 is 0. The van der Waals surface area contributed by atoms with Gasteiger partial charge < -0.3 is 5.32 Å². The van der Waals surface area contributed by atoms with Crippen LogP contribution in [0.25, 0.3) is 11.0 Å². The number of fused-ring (bicyclic) bond motifs is 1. The summed E-state index contributed by atoms with van der Waals surface area (Å²) < 4.78 is 1.56. The Morgan fingerprint density at radius 3 is 2.86 bits per heavy atom. The van der Waals surface area contributed by atoms with Crippen LogP contribution in [0.3, 0.4) is 0 Å². The molecular formula is C10H11N3O. The molecule has 0 atom stereocenters. The molecule has 4 heteroatoms. The lowest BCUT2D eigenvalue weighted by molar-refractivity contribution is 0.244. The Hall–Kier alpha value is -1.84. The number of hydrogen-bond acceptors (Lipinski definition) is 2. The summed E-state index contributed by atoms with van der Waals surface area (Å²) in [5, 5.41) is 2.58. The van der Waals surface area contributed by atoms with Crippen LogP contribution in [0.2, 0.25) is 0 Å². The van der Waals surface area contributed by atoms with E-state index in [0.717, 1.165) is 11.0 Å². The van der Waals surface area contributed by atoms with E-state index >= 15 is 0 Å². The maximum atomic E-state index is 11.5. The number of para-hydroxylation sites is 2. The fourth-order valence-electron chi connectivity index (χ4n) is 1.51. The highest BCUT2D eigenvalue weighted by Gasteiger charge is 2.11. The van der Waals surface area contributed by atoms with Gasteiger partial charge in [-0.15, -0.1) is 0 Å². The van der Waals surface area contributed by atoms with E-state index < -0.39 is 0 Å². The number of imidazole rings is 1. The van der Waals surface area contributed by atoms with Gasteiger partial charge in [0.25, 0.3) is 0 Å². The third-order valence-electron chi connectivity index (χ3n) is 2.15. The van der Waals surface area contributed by atoms with Crippen molar-refractivity contribution in [2.24, 2.45) is 0 Å². The number of hydrogen-bond donors (Lipinski definition) is 1. The second-order valence-electron chi connectivity index (χ2n) is 3.04. The van der Waals surface area contributed by atoms with E-state index in [0.29, 0.717) is 5.82 Å². The lowest BCUT2D eigenvalue weighted by Crippen LogP contribution is -2.25. The molecule has 4 nitrogen and oxygen atoms in total. The van der Waals surface area contributed by atoms with Crippen molar-refractivity contribution in [2.45, 2.75) is 6.92 Å². The van der Waals surface area contributed by atoms with Gasteiger partial charge in [-0.2, -0.15) is 0 Å². The first-order valence-electron chi connectivity index (χ1n) is 4.40. The molecular weight excluding hydrogens is 178 g/mol. The van der Waals surface area contributed by atoms with Gasteiger partial charge in [0.2, 0.25) is 0 Å². The Bertz CT molecular complexity index is 487. The molecule has 0 aliphatic carbocycles. The van der Waals surface area contributed by atoms with Crippen molar-refractivity contribution in [3.05, 3.63) is 30.1 Å². The van der Waals surface area contributed by atoms with E-state index in [1.165, 1.54) is 0 Å². The molecule has 0 bridgehead atoms. The van der Waals surface area contributed by atoms with Crippen molar-refractivity contribution in [1.82, 2.24) is 14.9 Å². The van der Waals surface area contributed by atoms with E-state index in [1.54, 1.807) is 11.6 Å². The minimum atomic E-state index is -0.156. The largest absolute Gasteiger partial charge is 0.340 e. The molecule has 1 N–H and O–H groups in total. The van der Waals surface area contributed by atoms with Crippen LogP contribution in [0.4, 0.5) is 4.79 Å². The van der Waals surface area contributed by atoms with Crippen molar-refractivity contribution in [2.75, 3.05) is 7.05 Å². The first-order chi connectivity index (χ1) is 6.74. The van der Waals surface area contributed by atoms with Crippen molar-refractivity contribution in [3.8, 4) is 0 Å². The maximum Gasteiger partial charge on any atom is 0.327 e. The molecule has 1 heterocycles. The number of aromatic nitrogens is 2. The molecule has 0 radical (unpaired) electrons. The highest BCUT2D eigenvalue weighted by atomic mass is 16.2. The summed E-state index contributed by atoms with van der Waals surface area (Å²) in [5.41, 5.74) is 1.68. The molecule has 2 rings (SSSR count). The van der Waals surface area contributed by atoms with E-state index in [4.69, 9.17) is 0 Å². The van der Waals surface area contributed by atoms with E-state index in [9.17, 15) is 4.79 Å². The molecule has 1 amide bonds. The minimum absolute atomic E-state index is 0.156. The van der Waals surface area contributed by atoms with Gasteiger partial charge in [0, 0.05) is 7.05 Å². The van der Waals surface area contributed by atoms with E-state index in [-0.39, 0.29) is 6.03 Å². The number of nitrogens with zero attached hydrogens (tertiary/aromatic N) is 2. The molecule has 14 heavy (non-hydrogen) atoms. The Balaban J connectivity index is 2.74. The molecule has 0 aliphatic heterocycles. The fraction of sp³-hybridized carbons (Fsp3) is 0.200. The Morgan fingerprint density at radius 1 is 1.43 bits per heavy atom. The molecule has 2 aromatic rings. The molecule has 72 valence electrons. The summed E-state index contributed by atoms with van der Waals surface area (Å²) in [7, 11) is 1.61. The number of aryl methyl sites for hydroxylation is 1. The van der Waals surface area contributed by atoms with Gasteiger partial charge in [-0.05, 0) is 19.1 Å². The lowest BCUT2D eigenvalue weighted by Gasteiger charge is -2.02. The van der Waals surface area contributed by atoms with Crippen LogP contribution >= 0.6 is 0 Å².